The van der Waals surface area contributed by atoms with Crippen LogP contribution < -0.4 is 15.4 Å². The number of benzene rings is 3. The number of esters is 1. The second kappa shape index (κ2) is 11.7. The van der Waals surface area contributed by atoms with Crippen LogP contribution in [-0.2, 0) is 14.3 Å². The third-order valence-electron chi connectivity index (χ3n) is 7.87. The van der Waals surface area contributed by atoms with Crippen molar-refractivity contribution < 1.29 is 44.2 Å². The lowest BCUT2D eigenvalue weighted by atomic mass is 9.95. The van der Waals surface area contributed by atoms with E-state index < -0.39 is 49.9 Å². The van der Waals surface area contributed by atoms with Crippen LogP contribution in [0.5, 0.6) is 5.75 Å². The molecular formula is C30H30ClN3O9. The molecule has 3 aromatic carbocycles. The van der Waals surface area contributed by atoms with Gasteiger partial charge in [0.05, 0.1) is 12.3 Å². The number of nitrogens with two attached hydrogens (primary N) is 1. The lowest BCUT2D eigenvalue weighted by Gasteiger charge is -2.39. The van der Waals surface area contributed by atoms with Gasteiger partial charge in [-0.3, -0.25) is 4.79 Å². The predicted molar refractivity (Wildman–Crippen MR) is 157 cm³/mol. The lowest BCUT2D eigenvalue weighted by Crippen LogP contribution is -2.59. The molecule has 1 saturated heterocycles. The van der Waals surface area contributed by atoms with Crippen LogP contribution in [0, 0.1) is 0 Å². The number of nitrogens with zero attached hydrogens (tertiary/aromatic N) is 1. The molecule has 13 heteroatoms. The van der Waals surface area contributed by atoms with Crippen LogP contribution in [0.4, 0.5) is 11.4 Å². The number of aromatic nitrogens is 1. The summed E-state index contributed by atoms with van der Waals surface area (Å²) < 4.78 is 16.3. The number of carbonyl (C=O) groups excluding carboxylic acids is 2. The minimum atomic E-state index is -1.67. The van der Waals surface area contributed by atoms with E-state index in [0.29, 0.717) is 29.0 Å². The number of nitrogens with one attached hydrogen (secondary N) is 1. The van der Waals surface area contributed by atoms with Gasteiger partial charge in [-0.25, -0.2) is 4.79 Å². The number of carbonyl (C=O) groups is 2. The van der Waals surface area contributed by atoms with E-state index in [2.05, 4.69) is 4.98 Å². The number of aliphatic hydroxyl groups is 4. The Kier molecular flexibility index (Phi) is 8.00. The van der Waals surface area contributed by atoms with E-state index >= 15 is 0 Å². The first-order valence-electron chi connectivity index (χ1n) is 13.6. The van der Waals surface area contributed by atoms with Gasteiger partial charge in [0.15, 0.2) is 6.29 Å². The Morgan fingerprint density at radius 2 is 1.81 bits per heavy atom. The van der Waals surface area contributed by atoms with Gasteiger partial charge >= 0.3 is 5.97 Å². The molecule has 2 aliphatic heterocycles. The monoisotopic (exact) mass is 611 g/mol. The minimum absolute atomic E-state index is 0.175. The highest BCUT2D eigenvalue weighted by Gasteiger charge is 2.44. The number of amides is 1. The zero-order valence-corrected chi connectivity index (χ0v) is 23.5. The first kappa shape index (κ1) is 29.3. The number of nitrogen functional groups attached to an aromatic ring is 1. The molecule has 6 rings (SSSR count). The molecule has 7 N–H and O–H groups in total. The topological polar surface area (TPSA) is 188 Å². The van der Waals surface area contributed by atoms with E-state index in [4.69, 9.17) is 31.5 Å². The van der Waals surface area contributed by atoms with Gasteiger partial charge < -0.3 is 50.3 Å². The number of anilines is 2. The molecule has 6 unspecified atom stereocenters. The number of halogens is 1. The van der Waals surface area contributed by atoms with Gasteiger partial charge in [0, 0.05) is 46.4 Å². The Labute approximate surface area is 250 Å². The Morgan fingerprint density at radius 3 is 2.56 bits per heavy atom. The SMILES string of the molecule is Nc1ccc2[nH]c(C(=O)N3CC(CCl)c4c3cc(OC(=O)COC3OC(CO)C(O)C(O)C3O)c3ccccc43)cc2c1. The first-order chi connectivity index (χ1) is 20.7. The highest BCUT2D eigenvalue weighted by atomic mass is 35.5. The van der Waals surface area contributed by atoms with Crippen LogP contribution in [0.2, 0.25) is 0 Å². The second-order valence-electron chi connectivity index (χ2n) is 10.6. The van der Waals surface area contributed by atoms with E-state index in [9.17, 15) is 30.0 Å². The molecule has 0 spiro atoms. The van der Waals surface area contributed by atoms with Crippen molar-refractivity contribution in [2.45, 2.75) is 36.6 Å². The molecule has 1 aromatic heterocycles. The Balaban J connectivity index is 1.28. The number of alkyl halides is 1. The quantitative estimate of drug-likeness (QED) is 0.0775. The summed E-state index contributed by atoms with van der Waals surface area (Å²) >= 11 is 6.38. The van der Waals surface area contributed by atoms with E-state index in [-0.39, 0.29) is 23.5 Å². The van der Waals surface area contributed by atoms with Gasteiger partial charge in [0.2, 0.25) is 0 Å². The van der Waals surface area contributed by atoms with Crippen molar-refractivity contribution in [1.82, 2.24) is 4.98 Å². The zero-order valence-electron chi connectivity index (χ0n) is 22.7. The Bertz CT molecular complexity index is 1690. The number of H-pyrrole nitrogens is 1. The van der Waals surface area contributed by atoms with Gasteiger partial charge in [-0.1, -0.05) is 24.3 Å². The van der Waals surface area contributed by atoms with Crippen molar-refractivity contribution >= 4 is 56.5 Å². The van der Waals surface area contributed by atoms with Crippen LogP contribution in [0.1, 0.15) is 22.0 Å². The van der Waals surface area contributed by atoms with Gasteiger partial charge in [-0.05, 0) is 35.2 Å². The summed E-state index contributed by atoms with van der Waals surface area (Å²) in [7, 11) is 0. The van der Waals surface area contributed by atoms with Crippen molar-refractivity contribution in [2.24, 2.45) is 0 Å². The lowest BCUT2D eigenvalue weighted by molar-refractivity contribution is -0.299. The molecule has 1 fully saturated rings. The maximum Gasteiger partial charge on any atom is 0.337 e. The number of fused-ring (bicyclic) bond motifs is 4. The van der Waals surface area contributed by atoms with Crippen molar-refractivity contribution in [3.63, 3.8) is 0 Å². The van der Waals surface area contributed by atoms with Crippen LogP contribution in [0.25, 0.3) is 21.7 Å². The van der Waals surface area contributed by atoms with Crippen molar-refractivity contribution in [1.29, 1.82) is 0 Å². The average Bonchev–Trinajstić information content (AvgIpc) is 3.60. The minimum Gasteiger partial charge on any atom is -0.424 e. The summed E-state index contributed by atoms with van der Waals surface area (Å²) in [5.41, 5.74) is 9.02. The van der Waals surface area contributed by atoms with Crippen molar-refractivity contribution in [2.75, 3.05) is 36.3 Å². The molecule has 0 bridgehead atoms. The van der Waals surface area contributed by atoms with Crippen molar-refractivity contribution in [3.05, 3.63) is 65.9 Å². The summed E-state index contributed by atoms with van der Waals surface area (Å²) in [6, 6.07) is 16.0. The fourth-order valence-electron chi connectivity index (χ4n) is 5.73. The maximum atomic E-state index is 13.8. The summed E-state index contributed by atoms with van der Waals surface area (Å²) in [4.78, 5) is 31.5. The van der Waals surface area contributed by atoms with Gasteiger partial charge in [-0.15, -0.1) is 11.6 Å². The molecule has 43 heavy (non-hydrogen) atoms. The van der Waals surface area contributed by atoms with E-state index in [1.807, 2.05) is 12.1 Å². The fraction of sp³-hybridized carbons (Fsp3) is 0.333. The number of aromatic amines is 1. The zero-order chi connectivity index (χ0) is 30.4. The Hall–Kier alpha value is -3.75. The number of rotatable bonds is 7. The molecule has 226 valence electrons. The van der Waals surface area contributed by atoms with Crippen LogP contribution in [0.3, 0.4) is 0 Å². The number of aliphatic hydroxyl groups excluding tert-OH is 4. The molecule has 1 amide bonds. The Morgan fingerprint density at radius 1 is 1.05 bits per heavy atom. The first-order valence-corrected chi connectivity index (χ1v) is 14.2. The molecule has 0 saturated carbocycles. The van der Waals surface area contributed by atoms with Crippen molar-refractivity contribution in [3.8, 4) is 5.75 Å². The number of hydrogen-bond donors (Lipinski definition) is 6. The second-order valence-corrected chi connectivity index (χ2v) is 10.9. The van der Waals surface area contributed by atoms with Crippen LogP contribution >= 0.6 is 11.6 Å². The summed E-state index contributed by atoms with van der Waals surface area (Å²) in [5, 5.41) is 41.7. The molecular weight excluding hydrogens is 582 g/mol. The third-order valence-corrected chi connectivity index (χ3v) is 8.25. The fourth-order valence-corrected chi connectivity index (χ4v) is 5.99. The van der Waals surface area contributed by atoms with E-state index in [0.717, 1.165) is 21.9 Å². The molecule has 3 heterocycles. The highest BCUT2D eigenvalue weighted by Crippen LogP contribution is 2.46. The summed E-state index contributed by atoms with van der Waals surface area (Å²) in [6.45, 7) is -1.00. The standard InChI is InChI=1S/C30H30ClN3O9/c31-10-15-11-34(29(40)20-8-14-7-16(32)5-6-19(14)33-20)21-9-22(17-3-1-2-4-18(17)25(15)21)42-24(36)13-41-30-28(39)27(38)26(37)23(12-35)43-30/h1-9,15,23,26-28,30,33,35,37-39H,10-13,32H2. The largest absolute Gasteiger partial charge is 0.424 e. The number of hydrogen-bond acceptors (Lipinski definition) is 10. The van der Waals surface area contributed by atoms with Gasteiger partial charge in [-0.2, -0.15) is 0 Å². The van der Waals surface area contributed by atoms with Gasteiger partial charge in [0.1, 0.15) is 42.5 Å². The van der Waals surface area contributed by atoms with Crippen LogP contribution in [0.15, 0.2) is 54.6 Å². The molecule has 4 aromatic rings. The third kappa shape index (κ3) is 5.31. The molecule has 12 nitrogen and oxygen atoms in total. The average molecular weight is 612 g/mol. The molecule has 0 aliphatic carbocycles. The van der Waals surface area contributed by atoms with Gasteiger partial charge in [0.25, 0.3) is 5.91 Å². The predicted octanol–water partition coefficient (Wildman–Crippen LogP) is 1.61. The van der Waals surface area contributed by atoms with E-state index in [1.165, 1.54) is 0 Å². The molecule has 6 atom stereocenters. The number of ether oxygens (including phenoxy) is 3. The summed E-state index contributed by atoms with van der Waals surface area (Å²) in [6.07, 6.45) is -7.56. The maximum absolute atomic E-state index is 13.8. The normalized spacial score (nSPS) is 25.3. The summed E-state index contributed by atoms with van der Waals surface area (Å²) in [5.74, 6) is -0.878. The highest BCUT2D eigenvalue weighted by molar-refractivity contribution is 6.19. The van der Waals surface area contributed by atoms with Crippen LogP contribution in [-0.4, -0.2) is 93.6 Å². The smallest absolute Gasteiger partial charge is 0.337 e. The van der Waals surface area contributed by atoms with E-state index in [1.54, 1.807) is 47.4 Å². The molecule has 2 aliphatic rings. The molecule has 0 radical (unpaired) electrons.